The summed E-state index contributed by atoms with van der Waals surface area (Å²) in [6, 6.07) is 0. The molecular formula is C5H2Cl2F2N2. The summed E-state index contributed by atoms with van der Waals surface area (Å²) in [5.74, 6) is 0. The molecule has 0 aromatic carbocycles. The third kappa shape index (κ3) is 1.75. The number of alkyl halides is 2. The Bertz CT molecular complexity index is 267. The second-order valence-corrected chi connectivity index (χ2v) is 2.40. The minimum atomic E-state index is -2.72. The molecular weight excluding hydrogens is 197 g/mol. The third-order valence-electron chi connectivity index (χ3n) is 0.981. The van der Waals surface area contributed by atoms with E-state index in [1.165, 1.54) is 0 Å². The molecule has 0 unspecified atom stereocenters. The van der Waals surface area contributed by atoms with Crippen molar-refractivity contribution in [2.45, 2.75) is 6.43 Å². The van der Waals surface area contributed by atoms with Gasteiger partial charge in [-0.1, -0.05) is 23.2 Å². The standard InChI is InChI=1S/C5H2Cl2F2N2/c6-2-3(5(8)9)10-1-11-4(2)7/h1,5H. The van der Waals surface area contributed by atoms with Crippen LogP contribution in [-0.4, -0.2) is 9.97 Å². The quantitative estimate of drug-likeness (QED) is 0.649. The zero-order valence-corrected chi connectivity index (χ0v) is 6.57. The summed E-state index contributed by atoms with van der Waals surface area (Å²) < 4.78 is 23.9. The molecule has 0 saturated heterocycles. The zero-order valence-electron chi connectivity index (χ0n) is 5.06. The largest absolute Gasteiger partial charge is 0.282 e. The molecule has 6 heteroatoms. The van der Waals surface area contributed by atoms with E-state index in [0.29, 0.717) is 0 Å². The van der Waals surface area contributed by atoms with Crippen LogP contribution in [-0.2, 0) is 0 Å². The Balaban J connectivity index is 3.17. The SMILES string of the molecule is FC(F)c1ncnc(Cl)c1Cl. The van der Waals surface area contributed by atoms with Crippen LogP contribution in [0, 0.1) is 0 Å². The van der Waals surface area contributed by atoms with Gasteiger partial charge < -0.3 is 0 Å². The van der Waals surface area contributed by atoms with Gasteiger partial charge in [-0.3, -0.25) is 0 Å². The van der Waals surface area contributed by atoms with Gasteiger partial charge in [0.15, 0.2) is 5.15 Å². The average Bonchev–Trinajstić information content (AvgIpc) is 1.94. The van der Waals surface area contributed by atoms with Crippen molar-refractivity contribution < 1.29 is 8.78 Å². The molecule has 0 aliphatic heterocycles. The van der Waals surface area contributed by atoms with Crippen molar-refractivity contribution in [3.05, 3.63) is 22.2 Å². The van der Waals surface area contributed by atoms with E-state index in [2.05, 4.69) is 9.97 Å². The van der Waals surface area contributed by atoms with Crippen LogP contribution in [0.3, 0.4) is 0 Å². The minimum absolute atomic E-state index is 0.156. The van der Waals surface area contributed by atoms with Crippen LogP contribution in [0.15, 0.2) is 6.33 Å². The van der Waals surface area contributed by atoms with Crippen molar-refractivity contribution in [3.63, 3.8) is 0 Å². The number of aromatic nitrogens is 2. The number of nitrogens with zero attached hydrogens (tertiary/aromatic N) is 2. The molecule has 0 aliphatic rings. The fraction of sp³-hybridized carbons (Fsp3) is 0.200. The minimum Gasteiger partial charge on any atom is -0.234 e. The lowest BCUT2D eigenvalue weighted by molar-refractivity contribution is 0.146. The second kappa shape index (κ2) is 3.28. The Labute approximate surface area is 71.2 Å². The van der Waals surface area contributed by atoms with Gasteiger partial charge in [-0.15, -0.1) is 0 Å². The maximum Gasteiger partial charge on any atom is 0.282 e. The van der Waals surface area contributed by atoms with E-state index in [0.717, 1.165) is 6.33 Å². The normalized spacial score (nSPS) is 10.6. The monoisotopic (exact) mass is 198 g/mol. The third-order valence-corrected chi connectivity index (χ3v) is 1.74. The van der Waals surface area contributed by atoms with Crippen LogP contribution in [0.4, 0.5) is 8.78 Å². The Morgan fingerprint density at radius 2 is 1.91 bits per heavy atom. The number of rotatable bonds is 1. The topological polar surface area (TPSA) is 25.8 Å². The highest BCUT2D eigenvalue weighted by Gasteiger charge is 2.15. The van der Waals surface area contributed by atoms with Crippen LogP contribution in [0.5, 0.6) is 0 Å². The van der Waals surface area contributed by atoms with Gasteiger partial charge in [0.1, 0.15) is 17.0 Å². The molecule has 0 aliphatic carbocycles. The summed E-state index contributed by atoms with van der Waals surface area (Å²) >= 11 is 10.7. The van der Waals surface area contributed by atoms with E-state index in [1.807, 2.05) is 0 Å². The first kappa shape index (κ1) is 8.62. The number of hydrogen-bond donors (Lipinski definition) is 0. The molecule has 1 rings (SSSR count). The zero-order chi connectivity index (χ0) is 8.43. The molecule has 1 aromatic rings. The molecule has 0 N–H and O–H groups in total. The van der Waals surface area contributed by atoms with Gasteiger partial charge in [-0.25, -0.2) is 18.7 Å². The van der Waals surface area contributed by atoms with Crippen molar-refractivity contribution in [1.82, 2.24) is 9.97 Å². The summed E-state index contributed by atoms with van der Waals surface area (Å²) in [5, 5.41) is -0.443. The molecule has 1 aromatic heterocycles. The Morgan fingerprint density at radius 1 is 1.27 bits per heavy atom. The number of hydrogen-bond acceptors (Lipinski definition) is 2. The summed E-state index contributed by atoms with van der Waals surface area (Å²) in [4.78, 5) is 6.67. The van der Waals surface area contributed by atoms with Crippen molar-refractivity contribution >= 4 is 23.2 Å². The van der Waals surface area contributed by atoms with Gasteiger partial charge in [0.2, 0.25) is 0 Å². The Kier molecular flexibility index (Phi) is 2.57. The molecule has 2 nitrogen and oxygen atoms in total. The smallest absolute Gasteiger partial charge is 0.234 e. The van der Waals surface area contributed by atoms with Crippen LogP contribution < -0.4 is 0 Å². The van der Waals surface area contributed by atoms with Crippen LogP contribution in [0.2, 0.25) is 10.2 Å². The summed E-state index contributed by atoms with van der Waals surface area (Å²) in [6.45, 7) is 0. The maximum absolute atomic E-state index is 12.0. The summed E-state index contributed by atoms with van der Waals surface area (Å²) in [5.41, 5.74) is -0.535. The maximum atomic E-state index is 12.0. The predicted octanol–water partition coefficient (Wildman–Crippen LogP) is 2.72. The van der Waals surface area contributed by atoms with Crippen LogP contribution in [0.25, 0.3) is 0 Å². The van der Waals surface area contributed by atoms with E-state index >= 15 is 0 Å². The van der Waals surface area contributed by atoms with E-state index in [4.69, 9.17) is 23.2 Å². The lowest BCUT2D eigenvalue weighted by Gasteiger charge is -2.00. The van der Waals surface area contributed by atoms with Gasteiger partial charge in [-0.05, 0) is 0 Å². The first-order chi connectivity index (χ1) is 5.13. The lowest BCUT2D eigenvalue weighted by atomic mass is 10.4. The van der Waals surface area contributed by atoms with Gasteiger partial charge in [0.25, 0.3) is 6.43 Å². The highest BCUT2D eigenvalue weighted by molar-refractivity contribution is 6.41. The van der Waals surface area contributed by atoms with Gasteiger partial charge in [-0.2, -0.15) is 0 Å². The molecule has 1 heterocycles. The fourth-order valence-electron chi connectivity index (χ4n) is 0.513. The van der Waals surface area contributed by atoms with Crippen molar-refractivity contribution in [2.24, 2.45) is 0 Å². The second-order valence-electron chi connectivity index (χ2n) is 1.66. The summed E-state index contributed by atoms with van der Waals surface area (Å²) in [6.07, 6.45) is -1.78. The van der Waals surface area contributed by atoms with E-state index in [1.54, 1.807) is 0 Å². The first-order valence-electron chi connectivity index (χ1n) is 2.57. The molecule has 11 heavy (non-hydrogen) atoms. The predicted molar refractivity (Wildman–Crippen MR) is 37.0 cm³/mol. The molecule has 0 bridgehead atoms. The van der Waals surface area contributed by atoms with E-state index in [-0.39, 0.29) is 10.2 Å². The lowest BCUT2D eigenvalue weighted by Crippen LogP contribution is -1.93. The number of halogens is 4. The molecule has 0 fully saturated rings. The highest BCUT2D eigenvalue weighted by Crippen LogP contribution is 2.28. The van der Waals surface area contributed by atoms with Crippen LogP contribution >= 0.6 is 23.2 Å². The van der Waals surface area contributed by atoms with Gasteiger partial charge in [0.05, 0.1) is 0 Å². The van der Waals surface area contributed by atoms with E-state index < -0.39 is 12.1 Å². The molecule has 0 amide bonds. The highest BCUT2D eigenvalue weighted by atomic mass is 35.5. The van der Waals surface area contributed by atoms with Gasteiger partial charge in [0, 0.05) is 0 Å². The van der Waals surface area contributed by atoms with Crippen molar-refractivity contribution in [3.8, 4) is 0 Å². The summed E-state index contributed by atoms with van der Waals surface area (Å²) in [7, 11) is 0. The van der Waals surface area contributed by atoms with Crippen LogP contribution in [0.1, 0.15) is 12.1 Å². The average molecular weight is 199 g/mol. The van der Waals surface area contributed by atoms with Crippen molar-refractivity contribution in [2.75, 3.05) is 0 Å². The molecule has 0 radical (unpaired) electrons. The van der Waals surface area contributed by atoms with Crippen molar-refractivity contribution in [1.29, 1.82) is 0 Å². The fourth-order valence-corrected chi connectivity index (χ4v) is 0.833. The molecule has 0 spiro atoms. The first-order valence-corrected chi connectivity index (χ1v) is 3.32. The Morgan fingerprint density at radius 3 is 2.36 bits per heavy atom. The Hall–Kier alpha value is -0.480. The molecule has 0 saturated carbocycles. The molecule has 0 atom stereocenters. The molecule has 60 valence electrons. The van der Waals surface area contributed by atoms with E-state index in [9.17, 15) is 8.78 Å². The van der Waals surface area contributed by atoms with Gasteiger partial charge >= 0.3 is 0 Å².